The quantitative estimate of drug-likeness (QED) is 0.392. The number of carbonyl (C=O) groups is 1. The topological polar surface area (TPSA) is 29.1 Å². The fraction of sp³-hybridized carbons (Fsp3) is 0.417. The van der Waals surface area contributed by atoms with Crippen LogP contribution in [-0.2, 0) is 0 Å². The van der Waals surface area contributed by atoms with E-state index >= 15 is 0 Å². The molecule has 2 nitrogen and oxygen atoms in total. The summed E-state index contributed by atoms with van der Waals surface area (Å²) in [6, 6.07) is 0. The maximum absolute atomic E-state index is 13.4. The lowest BCUT2D eigenvalue weighted by molar-refractivity contribution is 0.0899. The van der Waals surface area contributed by atoms with E-state index in [4.69, 9.17) is 11.6 Å². The number of nitrogens with one attached hydrogen (secondary N) is 1. The van der Waals surface area contributed by atoms with Gasteiger partial charge in [-0.2, -0.15) is 0 Å². The number of benzene rings is 1. The fourth-order valence-electron chi connectivity index (χ4n) is 1.47. The molecular formula is C12H11ClF5NO. The monoisotopic (exact) mass is 315 g/mol. The van der Waals surface area contributed by atoms with Crippen LogP contribution in [0.15, 0.2) is 0 Å². The summed E-state index contributed by atoms with van der Waals surface area (Å²) in [5.41, 5.74) is -2.47. The van der Waals surface area contributed by atoms with Crippen LogP contribution in [0, 0.1) is 29.1 Å². The van der Waals surface area contributed by atoms with E-state index in [2.05, 4.69) is 5.32 Å². The molecule has 0 unspecified atom stereocenters. The van der Waals surface area contributed by atoms with E-state index in [9.17, 15) is 26.7 Å². The summed E-state index contributed by atoms with van der Waals surface area (Å²) >= 11 is 5.48. The second-order valence-electron chi connectivity index (χ2n) is 4.72. The average Bonchev–Trinajstić information content (AvgIpc) is 2.33. The Bertz CT molecular complexity index is 518. The standard InChI is InChI=1S/C12H11ClF5NO/c1-12(2,3-4-13)19-11(20)5-6(14)8(16)10(18)9(17)7(5)15/h3-4H2,1-2H3,(H,19,20). The van der Waals surface area contributed by atoms with Crippen LogP contribution < -0.4 is 5.32 Å². The number of carbonyl (C=O) groups excluding carboxylic acids is 1. The van der Waals surface area contributed by atoms with E-state index in [1.165, 1.54) is 13.8 Å². The summed E-state index contributed by atoms with van der Waals surface area (Å²) < 4.78 is 65.6. The van der Waals surface area contributed by atoms with Crippen molar-refractivity contribution in [3.63, 3.8) is 0 Å². The maximum atomic E-state index is 13.4. The van der Waals surface area contributed by atoms with Crippen molar-refractivity contribution in [2.75, 3.05) is 5.88 Å². The molecule has 20 heavy (non-hydrogen) atoms. The summed E-state index contributed by atoms with van der Waals surface area (Å²) in [4.78, 5) is 11.7. The Hall–Kier alpha value is -1.37. The highest BCUT2D eigenvalue weighted by atomic mass is 35.5. The Labute approximate surface area is 116 Å². The Morgan fingerprint density at radius 1 is 1.00 bits per heavy atom. The highest BCUT2D eigenvalue weighted by Crippen LogP contribution is 2.23. The number of rotatable bonds is 4. The van der Waals surface area contributed by atoms with E-state index < -0.39 is 46.1 Å². The summed E-state index contributed by atoms with van der Waals surface area (Å²) in [5, 5.41) is 2.17. The molecule has 8 heteroatoms. The molecule has 1 aromatic rings. The molecular weight excluding hydrogens is 305 g/mol. The van der Waals surface area contributed by atoms with Gasteiger partial charge in [-0.05, 0) is 20.3 Å². The van der Waals surface area contributed by atoms with Crippen molar-refractivity contribution in [2.24, 2.45) is 0 Å². The lowest BCUT2D eigenvalue weighted by atomic mass is 10.0. The molecule has 0 aliphatic carbocycles. The van der Waals surface area contributed by atoms with Crippen molar-refractivity contribution in [3.05, 3.63) is 34.6 Å². The largest absolute Gasteiger partial charge is 0.347 e. The van der Waals surface area contributed by atoms with Crippen molar-refractivity contribution >= 4 is 17.5 Å². The molecule has 0 fully saturated rings. The first kappa shape index (κ1) is 16.7. The minimum Gasteiger partial charge on any atom is -0.347 e. The van der Waals surface area contributed by atoms with Crippen LogP contribution in [0.3, 0.4) is 0 Å². The van der Waals surface area contributed by atoms with Crippen LogP contribution in [0.2, 0.25) is 0 Å². The third-order valence-electron chi connectivity index (χ3n) is 2.61. The lowest BCUT2D eigenvalue weighted by Gasteiger charge is -2.25. The summed E-state index contributed by atoms with van der Waals surface area (Å²) in [5.74, 6) is -12.2. The summed E-state index contributed by atoms with van der Waals surface area (Å²) in [7, 11) is 0. The van der Waals surface area contributed by atoms with Crippen LogP contribution >= 0.6 is 11.6 Å². The molecule has 1 rings (SSSR count). The summed E-state index contributed by atoms with van der Waals surface area (Å²) in [6.45, 7) is 3.00. The highest BCUT2D eigenvalue weighted by molar-refractivity contribution is 6.17. The van der Waals surface area contributed by atoms with Gasteiger partial charge in [0.25, 0.3) is 5.91 Å². The Morgan fingerprint density at radius 3 is 1.80 bits per heavy atom. The van der Waals surface area contributed by atoms with E-state index in [0.29, 0.717) is 0 Å². The van der Waals surface area contributed by atoms with E-state index in [1.807, 2.05) is 0 Å². The molecule has 0 heterocycles. The van der Waals surface area contributed by atoms with Crippen LogP contribution in [0.5, 0.6) is 0 Å². The molecule has 0 aromatic heterocycles. The van der Waals surface area contributed by atoms with Gasteiger partial charge in [0.1, 0.15) is 5.56 Å². The van der Waals surface area contributed by atoms with Crippen molar-refractivity contribution < 1.29 is 26.7 Å². The predicted octanol–water partition coefficient (Wildman–Crippen LogP) is 3.52. The molecule has 0 spiro atoms. The minimum absolute atomic E-state index is 0.143. The Kier molecular flexibility index (Phi) is 4.96. The molecule has 0 aliphatic rings. The molecule has 112 valence electrons. The van der Waals surface area contributed by atoms with Crippen molar-refractivity contribution in [1.29, 1.82) is 0 Å². The first-order valence-electron chi connectivity index (χ1n) is 5.52. The molecule has 0 saturated carbocycles. The molecule has 0 atom stereocenters. The SMILES string of the molecule is CC(C)(CCCl)NC(=O)c1c(F)c(F)c(F)c(F)c1F. The van der Waals surface area contributed by atoms with Crippen LogP contribution in [-0.4, -0.2) is 17.3 Å². The second kappa shape index (κ2) is 5.95. The van der Waals surface area contributed by atoms with E-state index in [-0.39, 0.29) is 12.3 Å². The van der Waals surface area contributed by atoms with Crippen molar-refractivity contribution in [1.82, 2.24) is 5.32 Å². The average molecular weight is 316 g/mol. The van der Waals surface area contributed by atoms with Gasteiger partial charge in [-0.15, -0.1) is 11.6 Å². The first-order valence-corrected chi connectivity index (χ1v) is 6.05. The normalized spacial score (nSPS) is 11.6. The third-order valence-corrected chi connectivity index (χ3v) is 2.80. The van der Waals surface area contributed by atoms with Gasteiger partial charge in [-0.3, -0.25) is 4.79 Å². The van der Waals surface area contributed by atoms with E-state index in [1.54, 1.807) is 0 Å². The third kappa shape index (κ3) is 3.20. The van der Waals surface area contributed by atoms with Gasteiger partial charge >= 0.3 is 0 Å². The number of hydrogen-bond donors (Lipinski definition) is 1. The van der Waals surface area contributed by atoms with Gasteiger partial charge in [0.2, 0.25) is 5.82 Å². The molecule has 0 aliphatic heterocycles. The number of hydrogen-bond acceptors (Lipinski definition) is 1. The minimum atomic E-state index is -2.31. The molecule has 1 aromatic carbocycles. The fourth-order valence-corrected chi connectivity index (χ4v) is 1.95. The smallest absolute Gasteiger partial charge is 0.257 e. The Balaban J connectivity index is 3.24. The van der Waals surface area contributed by atoms with Gasteiger partial charge in [-0.1, -0.05) is 0 Å². The highest BCUT2D eigenvalue weighted by Gasteiger charge is 2.31. The van der Waals surface area contributed by atoms with Crippen LogP contribution in [0.4, 0.5) is 22.0 Å². The Morgan fingerprint density at radius 2 is 1.40 bits per heavy atom. The molecule has 0 saturated heterocycles. The number of alkyl halides is 1. The zero-order valence-corrected chi connectivity index (χ0v) is 11.3. The van der Waals surface area contributed by atoms with Gasteiger partial charge < -0.3 is 5.32 Å². The summed E-state index contributed by atoms with van der Waals surface area (Å²) in [6.07, 6.45) is 0.246. The van der Waals surface area contributed by atoms with Crippen molar-refractivity contribution in [2.45, 2.75) is 25.8 Å². The molecule has 0 radical (unpaired) electrons. The first-order chi connectivity index (χ1) is 9.12. The molecule has 0 bridgehead atoms. The lowest BCUT2D eigenvalue weighted by Crippen LogP contribution is -2.44. The van der Waals surface area contributed by atoms with Gasteiger partial charge in [-0.25, -0.2) is 22.0 Å². The molecule has 1 amide bonds. The van der Waals surface area contributed by atoms with Gasteiger partial charge in [0.15, 0.2) is 23.3 Å². The van der Waals surface area contributed by atoms with Crippen molar-refractivity contribution in [3.8, 4) is 0 Å². The van der Waals surface area contributed by atoms with Gasteiger partial charge in [0.05, 0.1) is 0 Å². The number of halogens is 6. The predicted molar refractivity (Wildman–Crippen MR) is 63.1 cm³/mol. The zero-order chi connectivity index (χ0) is 15.7. The maximum Gasteiger partial charge on any atom is 0.257 e. The van der Waals surface area contributed by atoms with Gasteiger partial charge in [0, 0.05) is 11.4 Å². The second-order valence-corrected chi connectivity index (χ2v) is 5.10. The molecule has 1 N–H and O–H groups in total. The van der Waals surface area contributed by atoms with Crippen LogP contribution in [0.1, 0.15) is 30.6 Å². The van der Waals surface area contributed by atoms with E-state index in [0.717, 1.165) is 0 Å². The zero-order valence-electron chi connectivity index (χ0n) is 10.6. The van der Waals surface area contributed by atoms with Crippen LogP contribution in [0.25, 0.3) is 0 Å². The number of amides is 1.